The molecule has 78 valence electrons. The quantitative estimate of drug-likeness (QED) is 0.717. The molecule has 0 saturated carbocycles. The van der Waals surface area contributed by atoms with E-state index in [-0.39, 0.29) is 5.97 Å². The molecule has 1 rings (SSSR count). The van der Waals surface area contributed by atoms with E-state index in [0.29, 0.717) is 0 Å². The summed E-state index contributed by atoms with van der Waals surface area (Å²) in [6, 6.07) is 2.13. The fraction of sp³-hybridized carbons (Fsp3) is 0.545. The average molecular weight is 212 g/mol. The molecule has 0 saturated heterocycles. The van der Waals surface area contributed by atoms with Crippen molar-refractivity contribution < 1.29 is 9.53 Å². The Kier molecular flexibility index (Phi) is 4.14. The second-order valence-corrected chi connectivity index (χ2v) is 4.30. The number of carbonyl (C=O) groups excluding carboxylic acids is 1. The number of esters is 1. The van der Waals surface area contributed by atoms with Crippen LogP contribution in [-0.2, 0) is 17.6 Å². The van der Waals surface area contributed by atoms with Crippen LogP contribution in [0.2, 0.25) is 0 Å². The van der Waals surface area contributed by atoms with Gasteiger partial charge in [0.1, 0.15) is 4.88 Å². The Balaban J connectivity index is 2.99. The van der Waals surface area contributed by atoms with E-state index in [1.165, 1.54) is 12.0 Å². The second-order valence-electron chi connectivity index (χ2n) is 3.16. The Bertz CT molecular complexity index is 315. The standard InChI is InChI=1S/C11H16O2S/c1-4-6-8-7-9(5-2)14-10(8)11(12)13-3/h7H,4-6H2,1-3H3. The predicted octanol–water partition coefficient (Wildman–Crippen LogP) is 3.05. The number of hydrogen-bond donors (Lipinski definition) is 0. The molecule has 1 aromatic rings. The summed E-state index contributed by atoms with van der Waals surface area (Å²) in [4.78, 5) is 13.5. The Hall–Kier alpha value is -0.830. The molecule has 0 bridgehead atoms. The molecule has 0 amide bonds. The number of hydrogen-bond acceptors (Lipinski definition) is 3. The van der Waals surface area contributed by atoms with E-state index < -0.39 is 0 Å². The smallest absolute Gasteiger partial charge is 0.348 e. The summed E-state index contributed by atoms with van der Waals surface area (Å²) in [6.07, 6.45) is 3.00. The molecular formula is C11H16O2S. The fourth-order valence-corrected chi connectivity index (χ4v) is 2.45. The number of methoxy groups -OCH3 is 1. The fourth-order valence-electron chi connectivity index (χ4n) is 1.38. The Labute approximate surface area is 88.9 Å². The van der Waals surface area contributed by atoms with Crippen LogP contribution in [0.5, 0.6) is 0 Å². The largest absolute Gasteiger partial charge is 0.465 e. The van der Waals surface area contributed by atoms with E-state index in [9.17, 15) is 4.79 Å². The molecular weight excluding hydrogens is 196 g/mol. The van der Waals surface area contributed by atoms with Crippen molar-refractivity contribution in [3.05, 3.63) is 21.4 Å². The third kappa shape index (κ3) is 2.35. The first-order valence-corrected chi connectivity index (χ1v) is 5.74. The maximum Gasteiger partial charge on any atom is 0.348 e. The van der Waals surface area contributed by atoms with Crippen molar-refractivity contribution in [2.75, 3.05) is 7.11 Å². The van der Waals surface area contributed by atoms with Gasteiger partial charge in [-0.15, -0.1) is 11.3 Å². The van der Waals surface area contributed by atoms with Gasteiger partial charge < -0.3 is 4.74 Å². The van der Waals surface area contributed by atoms with Gasteiger partial charge in [-0.25, -0.2) is 4.79 Å². The number of ether oxygens (including phenoxy) is 1. The molecule has 0 aliphatic carbocycles. The number of rotatable bonds is 4. The lowest BCUT2D eigenvalue weighted by atomic mass is 10.1. The number of carbonyl (C=O) groups is 1. The lowest BCUT2D eigenvalue weighted by Crippen LogP contribution is -2.01. The van der Waals surface area contributed by atoms with Gasteiger partial charge in [0.2, 0.25) is 0 Å². The SMILES string of the molecule is CCCc1cc(CC)sc1C(=O)OC. The van der Waals surface area contributed by atoms with Crippen LogP contribution in [-0.4, -0.2) is 13.1 Å². The van der Waals surface area contributed by atoms with Crippen molar-refractivity contribution in [1.29, 1.82) is 0 Å². The highest BCUT2D eigenvalue weighted by molar-refractivity contribution is 7.14. The van der Waals surface area contributed by atoms with Gasteiger partial charge in [-0.1, -0.05) is 20.3 Å². The Morgan fingerprint density at radius 2 is 2.21 bits per heavy atom. The number of aryl methyl sites for hydroxylation is 2. The highest BCUT2D eigenvalue weighted by Crippen LogP contribution is 2.24. The molecule has 0 radical (unpaired) electrons. The monoisotopic (exact) mass is 212 g/mol. The molecule has 14 heavy (non-hydrogen) atoms. The summed E-state index contributed by atoms with van der Waals surface area (Å²) >= 11 is 1.56. The number of thiophene rings is 1. The first-order chi connectivity index (χ1) is 6.72. The summed E-state index contributed by atoms with van der Waals surface area (Å²) in [6.45, 7) is 4.22. The van der Waals surface area contributed by atoms with Gasteiger partial charge in [0.15, 0.2) is 0 Å². The van der Waals surface area contributed by atoms with E-state index in [4.69, 9.17) is 4.74 Å². The third-order valence-electron chi connectivity index (χ3n) is 2.10. The molecule has 0 aromatic carbocycles. The maximum absolute atomic E-state index is 11.4. The van der Waals surface area contributed by atoms with Gasteiger partial charge in [-0.2, -0.15) is 0 Å². The minimum atomic E-state index is -0.196. The zero-order chi connectivity index (χ0) is 10.6. The summed E-state index contributed by atoms with van der Waals surface area (Å²) in [5, 5.41) is 0. The van der Waals surface area contributed by atoms with Gasteiger partial charge >= 0.3 is 5.97 Å². The molecule has 0 atom stereocenters. The van der Waals surface area contributed by atoms with Crippen molar-refractivity contribution >= 4 is 17.3 Å². The maximum atomic E-state index is 11.4. The zero-order valence-electron chi connectivity index (χ0n) is 8.92. The molecule has 0 N–H and O–H groups in total. The summed E-state index contributed by atoms with van der Waals surface area (Å²) in [5.41, 5.74) is 1.14. The van der Waals surface area contributed by atoms with Gasteiger partial charge in [0.05, 0.1) is 7.11 Å². The van der Waals surface area contributed by atoms with Gasteiger partial charge in [0.25, 0.3) is 0 Å². The molecule has 1 aromatic heterocycles. The van der Waals surface area contributed by atoms with Crippen LogP contribution in [0, 0.1) is 0 Å². The minimum Gasteiger partial charge on any atom is -0.465 e. The van der Waals surface area contributed by atoms with Crippen molar-refractivity contribution in [1.82, 2.24) is 0 Å². The van der Waals surface area contributed by atoms with Crippen LogP contribution in [0.3, 0.4) is 0 Å². The normalized spacial score (nSPS) is 10.2. The van der Waals surface area contributed by atoms with Crippen LogP contribution < -0.4 is 0 Å². The van der Waals surface area contributed by atoms with Gasteiger partial charge in [-0.05, 0) is 24.5 Å². The molecule has 0 aliphatic heterocycles. The second kappa shape index (κ2) is 5.15. The average Bonchev–Trinajstić information content (AvgIpc) is 2.61. The lowest BCUT2D eigenvalue weighted by Gasteiger charge is -1.98. The lowest BCUT2D eigenvalue weighted by molar-refractivity contribution is 0.0605. The van der Waals surface area contributed by atoms with Crippen LogP contribution in [0.25, 0.3) is 0 Å². The molecule has 3 heteroatoms. The van der Waals surface area contributed by atoms with Crippen molar-refractivity contribution in [2.45, 2.75) is 33.1 Å². The van der Waals surface area contributed by atoms with E-state index in [0.717, 1.165) is 29.7 Å². The molecule has 2 nitrogen and oxygen atoms in total. The van der Waals surface area contributed by atoms with Crippen molar-refractivity contribution in [2.24, 2.45) is 0 Å². The van der Waals surface area contributed by atoms with Crippen molar-refractivity contribution in [3.8, 4) is 0 Å². The van der Waals surface area contributed by atoms with Crippen LogP contribution in [0.4, 0.5) is 0 Å². The molecule has 0 spiro atoms. The zero-order valence-corrected chi connectivity index (χ0v) is 9.74. The molecule has 0 aliphatic rings. The highest BCUT2D eigenvalue weighted by atomic mass is 32.1. The van der Waals surface area contributed by atoms with E-state index in [2.05, 4.69) is 19.9 Å². The molecule has 0 unspecified atom stereocenters. The molecule has 1 heterocycles. The summed E-state index contributed by atoms with van der Waals surface area (Å²) < 4.78 is 4.75. The summed E-state index contributed by atoms with van der Waals surface area (Å²) in [5.74, 6) is -0.196. The predicted molar refractivity (Wildman–Crippen MR) is 59.0 cm³/mol. The third-order valence-corrected chi connectivity index (χ3v) is 3.40. The molecule has 0 fully saturated rings. The topological polar surface area (TPSA) is 26.3 Å². The van der Waals surface area contributed by atoms with Crippen molar-refractivity contribution in [3.63, 3.8) is 0 Å². The Morgan fingerprint density at radius 3 is 2.71 bits per heavy atom. The van der Waals surface area contributed by atoms with E-state index >= 15 is 0 Å². The van der Waals surface area contributed by atoms with Crippen LogP contribution in [0.15, 0.2) is 6.07 Å². The summed E-state index contributed by atoms with van der Waals surface area (Å²) in [7, 11) is 1.43. The minimum absolute atomic E-state index is 0.196. The first-order valence-electron chi connectivity index (χ1n) is 4.92. The van der Waals surface area contributed by atoms with E-state index in [1.54, 1.807) is 11.3 Å². The van der Waals surface area contributed by atoms with E-state index in [1.807, 2.05) is 0 Å². The van der Waals surface area contributed by atoms with Gasteiger partial charge in [-0.3, -0.25) is 0 Å². The van der Waals surface area contributed by atoms with Crippen LogP contribution in [0.1, 0.15) is 40.4 Å². The first kappa shape index (κ1) is 11.2. The van der Waals surface area contributed by atoms with Gasteiger partial charge in [0, 0.05) is 4.88 Å². The Morgan fingerprint density at radius 1 is 1.50 bits per heavy atom. The van der Waals surface area contributed by atoms with Crippen LogP contribution >= 0.6 is 11.3 Å². The highest BCUT2D eigenvalue weighted by Gasteiger charge is 2.15.